The van der Waals surface area contributed by atoms with Crippen LogP contribution >= 0.6 is 0 Å². The average molecular weight is 316 g/mol. The highest BCUT2D eigenvalue weighted by molar-refractivity contribution is 5.78. The van der Waals surface area contributed by atoms with Crippen molar-refractivity contribution in [2.75, 3.05) is 45.8 Å². The average Bonchev–Trinajstić information content (AvgIpc) is 3.08. The molecule has 0 radical (unpaired) electrons. The first-order valence-corrected chi connectivity index (χ1v) is 8.79. The molecule has 2 fully saturated rings. The van der Waals surface area contributed by atoms with E-state index < -0.39 is 0 Å². The number of likely N-dealkylation sites (tertiary alicyclic amines) is 1. The van der Waals surface area contributed by atoms with E-state index in [1.807, 2.05) is 0 Å². The minimum absolute atomic E-state index is 0.119. The van der Waals surface area contributed by atoms with Crippen LogP contribution in [0.15, 0.2) is 24.3 Å². The Morgan fingerprint density at radius 3 is 2.30 bits per heavy atom. The number of amides is 1. The Kier molecular flexibility index (Phi) is 6.02. The smallest absolute Gasteiger partial charge is 0.234 e. The third kappa shape index (κ3) is 5.30. The van der Waals surface area contributed by atoms with Gasteiger partial charge in [0.2, 0.25) is 5.91 Å². The maximum atomic E-state index is 12.0. The lowest BCUT2D eigenvalue weighted by atomic mass is 10.1. The molecule has 1 aromatic carbocycles. The van der Waals surface area contributed by atoms with Crippen molar-refractivity contribution in [1.82, 2.24) is 20.4 Å². The molecule has 0 unspecified atom stereocenters. The van der Waals surface area contributed by atoms with Gasteiger partial charge in [-0.25, -0.2) is 0 Å². The van der Waals surface area contributed by atoms with Crippen molar-refractivity contribution < 1.29 is 4.79 Å². The molecule has 0 spiro atoms. The second kappa shape index (κ2) is 8.43. The number of carbonyl (C=O) groups excluding carboxylic acids is 1. The van der Waals surface area contributed by atoms with E-state index in [1.165, 1.54) is 37.1 Å². The van der Waals surface area contributed by atoms with E-state index >= 15 is 0 Å². The quantitative estimate of drug-likeness (QED) is 0.815. The van der Waals surface area contributed by atoms with Crippen LogP contribution in [0.3, 0.4) is 0 Å². The van der Waals surface area contributed by atoms with Crippen LogP contribution in [-0.2, 0) is 17.9 Å². The molecule has 0 aliphatic carbocycles. The summed E-state index contributed by atoms with van der Waals surface area (Å²) in [5, 5.41) is 6.33. The van der Waals surface area contributed by atoms with Crippen molar-refractivity contribution in [1.29, 1.82) is 0 Å². The summed E-state index contributed by atoms with van der Waals surface area (Å²) in [6, 6.07) is 8.65. The van der Waals surface area contributed by atoms with Crippen molar-refractivity contribution in [3.05, 3.63) is 35.4 Å². The van der Waals surface area contributed by atoms with Crippen LogP contribution in [0.2, 0.25) is 0 Å². The fourth-order valence-electron chi connectivity index (χ4n) is 3.29. The van der Waals surface area contributed by atoms with E-state index in [-0.39, 0.29) is 5.91 Å². The Morgan fingerprint density at radius 1 is 0.957 bits per heavy atom. The molecule has 5 heteroatoms. The van der Waals surface area contributed by atoms with E-state index in [0.29, 0.717) is 13.1 Å². The second-order valence-corrected chi connectivity index (χ2v) is 6.60. The standard InChI is InChI=1S/C18H28N4O/c23-18(15-22-11-7-19-8-12-22)20-13-16-3-5-17(6-4-16)14-21-9-1-2-10-21/h3-6,19H,1-2,7-15H2,(H,20,23). The Bertz CT molecular complexity index is 490. The van der Waals surface area contributed by atoms with Crippen molar-refractivity contribution >= 4 is 5.91 Å². The molecule has 23 heavy (non-hydrogen) atoms. The normalized spacial score (nSPS) is 19.8. The first-order valence-electron chi connectivity index (χ1n) is 8.79. The minimum atomic E-state index is 0.119. The fourth-order valence-corrected chi connectivity index (χ4v) is 3.29. The molecule has 0 aromatic heterocycles. The summed E-state index contributed by atoms with van der Waals surface area (Å²) in [4.78, 5) is 16.7. The van der Waals surface area contributed by atoms with E-state index in [1.54, 1.807) is 0 Å². The van der Waals surface area contributed by atoms with Crippen molar-refractivity contribution in [2.24, 2.45) is 0 Å². The molecule has 0 bridgehead atoms. The maximum absolute atomic E-state index is 12.0. The molecular weight excluding hydrogens is 288 g/mol. The molecule has 2 N–H and O–H groups in total. The molecule has 126 valence electrons. The Balaban J connectivity index is 1.40. The molecular formula is C18H28N4O. The molecule has 1 aromatic rings. The number of benzene rings is 1. The second-order valence-electron chi connectivity index (χ2n) is 6.60. The number of piperazine rings is 1. The molecule has 2 aliphatic rings. The lowest BCUT2D eigenvalue weighted by Gasteiger charge is -2.26. The number of carbonyl (C=O) groups is 1. The molecule has 2 aliphatic heterocycles. The first kappa shape index (κ1) is 16.4. The molecule has 0 saturated carbocycles. The van der Waals surface area contributed by atoms with Gasteiger partial charge in [0.15, 0.2) is 0 Å². The van der Waals surface area contributed by atoms with E-state index in [9.17, 15) is 4.79 Å². The van der Waals surface area contributed by atoms with Crippen LogP contribution in [0.1, 0.15) is 24.0 Å². The minimum Gasteiger partial charge on any atom is -0.351 e. The number of hydrogen-bond acceptors (Lipinski definition) is 4. The van der Waals surface area contributed by atoms with Gasteiger partial charge in [0.1, 0.15) is 0 Å². The predicted octanol–water partition coefficient (Wildman–Crippen LogP) is 0.804. The van der Waals surface area contributed by atoms with E-state index in [2.05, 4.69) is 44.7 Å². The monoisotopic (exact) mass is 316 g/mol. The topological polar surface area (TPSA) is 47.6 Å². The number of nitrogens with zero attached hydrogens (tertiary/aromatic N) is 2. The summed E-state index contributed by atoms with van der Waals surface area (Å²) in [5.74, 6) is 0.119. The molecule has 5 nitrogen and oxygen atoms in total. The van der Waals surface area contributed by atoms with Crippen LogP contribution < -0.4 is 10.6 Å². The lowest BCUT2D eigenvalue weighted by molar-refractivity contribution is -0.122. The van der Waals surface area contributed by atoms with Gasteiger partial charge in [-0.1, -0.05) is 24.3 Å². The van der Waals surface area contributed by atoms with Crippen molar-refractivity contribution in [3.63, 3.8) is 0 Å². The molecule has 3 rings (SSSR count). The summed E-state index contributed by atoms with van der Waals surface area (Å²) < 4.78 is 0. The van der Waals surface area contributed by atoms with Gasteiger partial charge in [-0.15, -0.1) is 0 Å². The zero-order valence-corrected chi connectivity index (χ0v) is 13.9. The van der Waals surface area contributed by atoms with Crippen LogP contribution in [0, 0.1) is 0 Å². The highest BCUT2D eigenvalue weighted by atomic mass is 16.2. The molecule has 2 heterocycles. The third-order valence-electron chi connectivity index (χ3n) is 4.69. The lowest BCUT2D eigenvalue weighted by Crippen LogP contribution is -2.47. The van der Waals surface area contributed by atoms with Gasteiger partial charge in [-0.2, -0.15) is 0 Å². The van der Waals surface area contributed by atoms with Crippen molar-refractivity contribution in [3.8, 4) is 0 Å². The fraction of sp³-hybridized carbons (Fsp3) is 0.611. The number of hydrogen-bond donors (Lipinski definition) is 2. The number of rotatable bonds is 6. The zero-order chi connectivity index (χ0) is 15.9. The molecule has 1 amide bonds. The summed E-state index contributed by atoms with van der Waals surface area (Å²) in [6.07, 6.45) is 2.66. The third-order valence-corrected chi connectivity index (χ3v) is 4.69. The van der Waals surface area contributed by atoms with Gasteiger partial charge >= 0.3 is 0 Å². The molecule has 0 atom stereocenters. The van der Waals surface area contributed by atoms with Crippen LogP contribution in [0.5, 0.6) is 0 Å². The highest BCUT2D eigenvalue weighted by Gasteiger charge is 2.13. The van der Waals surface area contributed by atoms with Gasteiger partial charge in [-0.3, -0.25) is 14.6 Å². The van der Waals surface area contributed by atoms with Crippen LogP contribution in [0.4, 0.5) is 0 Å². The van der Waals surface area contributed by atoms with E-state index in [4.69, 9.17) is 0 Å². The van der Waals surface area contributed by atoms with Gasteiger partial charge in [0.25, 0.3) is 0 Å². The van der Waals surface area contributed by atoms with Crippen LogP contribution in [0.25, 0.3) is 0 Å². The predicted molar refractivity (Wildman–Crippen MR) is 92.1 cm³/mol. The van der Waals surface area contributed by atoms with Crippen molar-refractivity contribution in [2.45, 2.75) is 25.9 Å². The van der Waals surface area contributed by atoms with Gasteiger partial charge < -0.3 is 10.6 Å². The summed E-state index contributed by atoms with van der Waals surface area (Å²) in [6.45, 7) is 8.50. The first-order chi connectivity index (χ1) is 11.3. The van der Waals surface area contributed by atoms with Gasteiger partial charge in [-0.05, 0) is 37.1 Å². The molecule has 2 saturated heterocycles. The maximum Gasteiger partial charge on any atom is 0.234 e. The van der Waals surface area contributed by atoms with Crippen LogP contribution in [-0.4, -0.2) is 61.5 Å². The Morgan fingerprint density at radius 2 is 1.61 bits per heavy atom. The van der Waals surface area contributed by atoms with E-state index in [0.717, 1.165) is 32.7 Å². The summed E-state index contributed by atoms with van der Waals surface area (Å²) in [5.41, 5.74) is 2.53. The van der Waals surface area contributed by atoms with Gasteiger partial charge in [0, 0.05) is 39.3 Å². The van der Waals surface area contributed by atoms with Gasteiger partial charge in [0.05, 0.1) is 6.54 Å². The zero-order valence-electron chi connectivity index (χ0n) is 13.9. The Hall–Kier alpha value is -1.43. The highest BCUT2D eigenvalue weighted by Crippen LogP contribution is 2.13. The number of nitrogens with one attached hydrogen (secondary N) is 2. The summed E-state index contributed by atoms with van der Waals surface area (Å²) in [7, 11) is 0. The SMILES string of the molecule is O=C(CN1CCNCC1)NCc1ccc(CN2CCCC2)cc1. The summed E-state index contributed by atoms with van der Waals surface area (Å²) >= 11 is 0. The largest absolute Gasteiger partial charge is 0.351 e. The Labute approximate surface area is 139 Å².